The van der Waals surface area contributed by atoms with E-state index in [4.69, 9.17) is 10.5 Å². The van der Waals surface area contributed by atoms with Gasteiger partial charge in [-0.25, -0.2) is 0 Å². The molecule has 1 fully saturated rings. The van der Waals surface area contributed by atoms with E-state index in [-0.39, 0.29) is 0 Å². The molecule has 2 rings (SSSR count). The Kier molecular flexibility index (Phi) is 3.89. The lowest BCUT2D eigenvalue weighted by Crippen LogP contribution is -2.28. The summed E-state index contributed by atoms with van der Waals surface area (Å²) >= 11 is 0. The van der Waals surface area contributed by atoms with Crippen LogP contribution >= 0.6 is 0 Å². The SMILES string of the molecule is COc1ccc(N)c(CN(C)C2CCCC2)c1. The molecular weight excluding hydrogens is 212 g/mol. The summed E-state index contributed by atoms with van der Waals surface area (Å²) in [5.74, 6) is 0.883. The van der Waals surface area contributed by atoms with E-state index >= 15 is 0 Å². The molecule has 0 heterocycles. The second-order valence-corrected chi connectivity index (χ2v) is 4.92. The van der Waals surface area contributed by atoms with Gasteiger partial charge in [0, 0.05) is 18.3 Å². The van der Waals surface area contributed by atoms with Crippen LogP contribution < -0.4 is 10.5 Å². The number of nitrogens with two attached hydrogens (primary N) is 1. The van der Waals surface area contributed by atoms with Gasteiger partial charge in [-0.05, 0) is 43.7 Å². The summed E-state index contributed by atoms with van der Waals surface area (Å²) in [4.78, 5) is 2.41. The van der Waals surface area contributed by atoms with E-state index < -0.39 is 0 Å². The van der Waals surface area contributed by atoms with E-state index in [0.29, 0.717) is 0 Å². The Morgan fingerprint density at radius 3 is 2.71 bits per heavy atom. The highest BCUT2D eigenvalue weighted by Crippen LogP contribution is 2.26. The fourth-order valence-corrected chi connectivity index (χ4v) is 2.59. The van der Waals surface area contributed by atoms with E-state index in [2.05, 4.69) is 11.9 Å². The van der Waals surface area contributed by atoms with Crippen molar-refractivity contribution in [2.24, 2.45) is 0 Å². The molecule has 0 unspecified atom stereocenters. The Labute approximate surface area is 104 Å². The van der Waals surface area contributed by atoms with Gasteiger partial charge in [0.25, 0.3) is 0 Å². The smallest absolute Gasteiger partial charge is 0.119 e. The van der Waals surface area contributed by atoms with Crippen LogP contribution in [0, 0.1) is 0 Å². The molecule has 3 heteroatoms. The van der Waals surface area contributed by atoms with Crippen molar-refractivity contribution in [3.8, 4) is 5.75 Å². The molecule has 1 aliphatic rings. The van der Waals surface area contributed by atoms with Gasteiger partial charge in [0.15, 0.2) is 0 Å². The number of benzene rings is 1. The average Bonchev–Trinajstić information content (AvgIpc) is 2.85. The average molecular weight is 234 g/mol. The second-order valence-electron chi connectivity index (χ2n) is 4.92. The molecule has 0 saturated heterocycles. The maximum atomic E-state index is 6.01. The standard InChI is InChI=1S/C14H22N2O/c1-16(12-5-3-4-6-12)10-11-9-13(17-2)7-8-14(11)15/h7-9,12H,3-6,10,15H2,1-2H3. The molecule has 0 atom stereocenters. The van der Waals surface area contributed by atoms with Crippen LogP contribution in [0.1, 0.15) is 31.2 Å². The first-order chi connectivity index (χ1) is 8.20. The second kappa shape index (κ2) is 5.41. The van der Waals surface area contributed by atoms with Gasteiger partial charge in [-0.1, -0.05) is 12.8 Å². The normalized spacial score (nSPS) is 16.6. The van der Waals surface area contributed by atoms with E-state index in [9.17, 15) is 0 Å². The van der Waals surface area contributed by atoms with Crippen LogP contribution in [-0.4, -0.2) is 25.1 Å². The molecule has 1 saturated carbocycles. The fraction of sp³-hybridized carbons (Fsp3) is 0.571. The summed E-state index contributed by atoms with van der Waals surface area (Å²) in [6.07, 6.45) is 5.37. The van der Waals surface area contributed by atoms with Gasteiger partial charge >= 0.3 is 0 Å². The van der Waals surface area contributed by atoms with Crippen molar-refractivity contribution < 1.29 is 4.74 Å². The first-order valence-corrected chi connectivity index (χ1v) is 6.33. The third-order valence-corrected chi connectivity index (χ3v) is 3.72. The van der Waals surface area contributed by atoms with Crippen molar-refractivity contribution in [1.82, 2.24) is 4.90 Å². The molecule has 1 aromatic carbocycles. The Balaban J connectivity index is 2.06. The molecule has 1 aliphatic carbocycles. The molecule has 0 bridgehead atoms. The van der Waals surface area contributed by atoms with Crippen LogP contribution in [0.5, 0.6) is 5.75 Å². The van der Waals surface area contributed by atoms with Crippen LogP contribution in [0.15, 0.2) is 18.2 Å². The van der Waals surface area contributed by atoms with Crippen molar-refractivity contribution in [3.63, 3.8) is 0 Å². The largest absolute Gasteiger partial charge is 0.497 e. The molecule has 0 spiro atoms. The molecular formula is C14H22N2O. The fourth-order valence-electron chi connectivity index (χ4n) is 2.59. The lowest BCUT2D eigenvalue weighted by atomic mass is 10.1. The van der Waals surface area contributed by atoms with Gasteiger partial charge in [-0.15, -0.1) is 0 Å². The minimum atomic E-state index is 0.723. The predicted octanol–water partition coefficient (Wildman–Crippen LogP) is 2.65. The van der Waals surface area contributed by atoms with Crippen LogP contribution in [0.2, 0.25) is 0 Å². The number of rotatable bonds is 4. The number of methoxy groups -OCH3 is 1. The van der Waals surface area contributed by atoms with E-state index in [1.54, 1.807) is 7.11 Å². The zero-order chi connectivity index (χ0) is 12.3. The monoisotopic (exact) mass is 234 g/mol. The Morgan fingerprint density at radius 1 is 1.35 bits per heavy atom. The van der Waals surface area contributed by atoms with Crippen LogP contribution in [0.25, 0.3) is 0 Å². The Morgan fingerprint density at radius 2 is 2.06 bits per heavy atom. The first kappa shape index (κ1) is 12.2. The van der Waals surface area contributed by atoms with Gasteiger partial charge in [0.2, 0.25) is 0 Å². The van der Waals surface area contributed by atoms with Gasteiger partial charge in [0.05, 0.1) is 7.11 Å². The van der Waals surface area contributed by atoms with Gasteiger partial charge in [-0.2, -0.15) is 0 Å². The van der Waals surface area contributed by atoms with Crippen molar-refractivity contribution in [1.29, 1.82) is 0 Å². The van der Waals surface area contributed by atoms with E-state index in [1.165, 1.54) is 31.2 Å². The van der Waals surface area contributed by atoms with Crippen LogP contribution in [0.3, 0.4) is 0 Å². The number of hydrogen-bond donors (Lipinski definition) is 1. The van der Waals surface area contributed by atoms with Gasteiger partial charge in [0.1, 0.15) is 5.75 Å². The first-order valence-electron chi connectivity index (χ1n) is 6.33. The summed E-state index contributed by atoms with van der Waals surface area (Å²) in [5, 5.41) is 0. The lowest BCUT2D eigenvalue weighted by molar-refractivity contribution is 0.237. The van der Waals surface area contributed by atoms with E-state index in [1.807, 2.05) is 18.2 Å². The highest BCUT2D eigenvalue weighted by molar-refractivity contribution is 5.50. The highest BCUT2D eigenvalue weighted by Gasteiger charge is 2.20. The molecule has 0 radical (unpaired) electrons. The van der Waals surface area contributed by atoms with Gasteiger partial charge < -0.3 is 10.5 Å². The molecule has 0 aliphatic heterocycles. The lowest BCUT2D eigenvalue weighted by Gasteiger charge is -2.24. The van der Waals surface area contributed by atoms with Crippen molar-refractivity contribution in [2.75, 3.05) is 19.9 Å². The summed E-state index contributed by atoms with van der Waals surface area (Å²) in [6.45, 7) is 0.910. The van der Waals surface area contributed by atoms with Crippen LogP contribution in [0.4, 0.5) is 5.69 Å². The maximum absolute atomic E-state index is 6.01. The topological polar surface area (TPSA) is 38.5 Å². The zero-order valence-corrected chi connectivity index (χ0v) is 10.8. The highest BCUT2D eigenvalue weighted by atomic mass is 16.5. The summed E-state index contributed by atoms with van der Waals surface area (Å²) < 4.78 is 5.24. The van der Waals surface area contributed by atoms with Crippen molar-refractivity contribution in [2.45, 2.75) is 38.3 Å². The molecule has 0 aromatic heterocycles. The molecule has 94 valence electrons. The number of ether oxygens (including phenoxy) is 1. The van der Waals surface area contributed by atoms with E-state index in [0.717, 1.165) is 24.0 Å². The number of nitrogens with zero attached hydrogens (tertiary/aromatic N) is 1. The Hall–Kier alpha value is -1.22. The third kappa shape index (κ3) is 2.91. The summed E-state index contributed by atoms with van der Waals surface area (Å²) in [7, 11) is 3.88. The summed E-state index contributed by atoms with van der Waals surface area (Å²) in [6, 6.07) is 6.60. The maximum Gasteiger partial charge on any atom is 0.119 e. The molecule has 2 N–H and O–H groups in total. The van der Waals surface area contributed by atoms with Crippen molar-refractivity contribution in [3.05, 3.63) is 23.8 Å². The van der Waals surface area contributed by atoms with Crippen LogP contribution in [-0.2, 0) is 6.54 Å². The summed E-state index contributed by atoms with van der Waals surface area (Å²) in [5.41, 5.74) is 8.03. The quantitative estimate of drug-likeness (QED) is 0.814. The number of anilines is 1. The van der Waals surface area contributed by atoms with Gasteiger partial charge in [-0.3, -0.25) is 4.90 Å². The molecule has 3 nitrogen and oxygen atoms in total. The minimum absolute atomic E-state index is 0.723. The molecule has 0 amide bonds. The predicted molar refractivity (Wildman–Crippen MR) is 71.1 cm³/mol. The number of hydrogen-bond acceptors (Lipinski definition) is 3. The van der Waals surface area contributed by atoms with Crippen molar-refractivity contribution >= 4 is 5.69 Å². The third-order valence-electron chi connectivity index (χ3n) is 3.72. The minimum Gasteiger partial charge on any atom is -0.497 e. The zero-order valence-electron chi connectivity index (χ0n) is 10.8. The molecule has 1 aromatic rings. The molecule has 17 heavy (non-hydrogen) atoms. The Bertz CT molecular complexity index is 372. The number of nitrogen functional groups attached to an aromatic ring is 1.